The van der Waals surface area contributed by atoms with Crippen molar-refractivity contribution in [3.63, 3.8) is 0 Å². The summed E-state index contributed by atoms with van der Waals surface area (Å²) in [6.07, 6.45) is 2.09. The third-order valence-electron chi connectivity index (χ3n) is 2.73. The van der Waals surface area contributed by atoms with Gasteiger partial charge in [-0.2, -0.15) is 0 Å². The third kappa shape index (κ3) is 1.59. The quantitative estimate of drug-likeness (QED) is 0.750. The van der Waals surface area contributed by atoms with Crippen LogP contribution in [0.3, 0.4) is 0 Å². The summed E-state index contributed by atoms with van der Waals surface area (Å²) >= 11 is 0. The average Bonchev–Trinajstić information content (AvgIpc) is 2.29. The summed E-state index contributed by atoms with van der Waals surface area (Å²) in [6, 6.07) is 5.40. The second-order valence-electron chi connectivity index (χ2n) is 3.59. The molecule has 0 radical (unpaired) electrons. The van der Waals surface area contributed by atoms with E-state index in [1.54, 1.807) is 19.3 Å². The van der Waals surface area contributed by atoms with Gasteiger partial charge in [0.15, 0.2) is 0 Å². The van der Waals surface area contributed by atoms with Crippen LogP contribution in [0.5, 0.6) is 11.5 Å². The van der Waals surface area contributed by atoms with Gasteiger partial charge in [0.05, 0.1) is 13.7 Å². The molecule has 1 heterocycles. The van der Waals surface area contributed by atoms with Gasteiger partial charge in [0, 0.05) is 18.1 Å². The van der Waals surface area contributed by atoms with E-state index in [0.29, 0.717) is 18.8 Å². The number of fused-ring (bicyclic) bond motifs is 1. The number of benzene rings is 1. The average molecular weight is 206 g/mol. The summed E-state index contributed by atoms with van der Waals surface area (Å²) in [6.45, 7) is 4.15. The van der Waals surface area contributed by atoms with Crippen LogP contribution >= 0.6 is 0 Å². The van der Waals surface area contributed by atoms with Crippen LogP contribution in [0.25, 0.3) is 0 Å². The van der Waals surface area contributed by atoms with E-state index < -0.39 is 5.60 Å². The largest absolute Gasteiger partial charge is 0.497 e. The van der Waals surface area contributed by atoms with Crippen LogP contribution in [-0.4, -0.2) is 18.8 Å². The van der Waals surface area contributed by atoms with E-state index >= 15 is 0 Å². The van der Waals surface area contributed by atoms with Crippen LogP contribution in [0, 0.1) is 0 Å². The molecule has 0 saturated heterocycles. The normalized spacial score (nSPS) is 23.9. The van der Waals surface area contributed by atoms with E-state index in [1.165, 1.54) is 0 Å². The second-order valence-corrected chi connectivity index (χ2v) is 3.59. The van der Waals surface area contributed by atoms with Crippen LogP contribution in [0.15, 0.2) is 30.9 Å². The summed E-state index contributed by atoms with van der Waals surface area (Å²) < 4.78 is 10.6. The molecule has 0 spiro atoms. The predicted octanol–water partition coefficient (Wildman–Crippen LogP) is 1.85. The highest BCUT2D eigenvalue weighted by Gasteiger charge is 2.32. The van der Waals surface area contributed by atoms with Crippen molar-refractivity contribution >= 4 is 0 Å². The lowest BCUT2D eigenvalue weighted by Crippen LogP contribution is -2.30. The number of aliphatic hydroxyl groups is 1. The molecule has 0 saturated carbocycles. The fraction of sp³-hybridized carbons (Fsp3) is 0.333. The summed E-state index contributed by atoms with van der Waals surface area (Å²) in [7, 11) is 1.60. The highest BCUT2D eigenvalue weighted by molar-refractivity contribution is 5.46. The van der Waals surface area contributed by atoms with Gasteiger partial charge in [0.2, 0.25) is 0 Å². The minimum absolute atomic E-state index is 0.489. The summed E-state index contributed by atoms with van der Waals surface area (Å²) in [5.41, 5.74) is -0.218. The minimum atomic E-state index is -0.972. The molecule has 2 rings (SSSR count). The molecular weight excluding hydrogens is 192 g/mol. The topological polar surface area (TPSA) is 38.7 Å². The highest BCUT2D eigenvalue weighted by Crippen LogP contribution is 2.39. The molecule has 0 amide bonds. The Kier molecular flexibility index (Phi) is 2.40. The number of hydrogen-bond donors (Lipinski definition) is 1. The first-order valence-electron chi connectivity index (χ1n) is 4.87. The van der Waals surface area contributed by atoms with Crippen molar-refractivity contribution < 1.29 is 14.6 Å². The number of hydrogen-bond acceptors (Lipinski definition) is 3. The maximum Gasteiger partial charge on any atom is 0.129 e. The number of ether oxygens (including phenoxy) is 2. The molecule has 15 heavy (non-hydrogen) atoms. The van der Waals surface area contributed by atoms with Gasteiger partial charge < -0.3 is 14.6 Å². The van der Waals surface area contributed by atoms with Crippen molar-refractivity contribution in [2.45, 2.75) is 12.0 Å². The fourth-order valence-corrected chi connectivity index (χ4v) is 1.77. The first kappa shape index (κ1) is 10.1. The summed E-state index contributed by atoms with van der Waals surface area (Å²) in [4.78, 5) is 0. The Morgan fingerprint density at radius 1 is 1.60 bits per heavy atom. The van der Waals surface area contributed by atoms with Crippen LogP contribution in [0.4, 0.5) is 0 Å². The van der Waals surface area contributed by atoms with Crippen molar-refractivity contribution in [1.82, 2.24) is 0 Å². The molecule has 1 aliphatic rings. The third-order valence-corrected chi connectivity index (χ3v) is 2.73. The van der Waals surface area contributed by atoms with Gasteiger partial charge in [-0.15, -0.1) is 0 Å². The smallest absolute Gasteiger partial charge is 0.129 e. The molecule has 1 atom stereocenters. The molecule has 80 valence electrons. The molecule has 0 unspecified atom stereocenters. The lowest BCUT2D eigenvalue weighted by atomic mass is 9.88. The SMILES string of the molecule is C=C[C@@]1(O)CCOc2cc(OC)ccc21. The Morgan fingerprint density at radius 3 is 3.07 bits per heavy atom. The van der Waals surface area contributed by atoms with Gasteiger partial charge in [-0.3, -0.25) is 0 Å². The zero-order valence-corrected chi connectivity index (χ0v) is 8.69. The molecule has 1 aliphatic heterocycles. The Bertz CT molecular complexity index is 386. The Balaban J connectivity index is 2.49. The van der Waals surface area contributed by atoms with Crippen molar-refractivity contribution in [1.29, 1.82) is 0 Å². The van der Waals surface area contributed by atoms with E-state index in [9.17, 15) is 5.11 Å². The Labute approximate surface area is 88.9 Å². The van der Waals surface area contributed by atoms with Crippen LogP contribution in [0.2, 0.25) is 0 Å². The second kappa shape index (κ2) is 3.59. The zero-order chi connectivity index (χ0) is 10.9. The lowest BCUT2D eigenvalue weighted by molar-refractivity contribution is 0.0423. The van der Waals surface area contributed by atoms with Crippen molar-refractivity contribution in [2.75, 3.05) is 13.7 Å². The minimum Gasteiger partial charge on any atom is -0.497 e. The maximum absolute atomic E-state index is 10.3. The molecule has 3 heteroatoms. The molecule has 0 fully saturated rings. The standard InChI is InChI=1S/C12H14O3/c1-3-12(13)6-7-15-11-8-9(14-2)4-5-10(11)12/h3-5,8,13H,1,6-7H2,2H3/t12-/m1/s1. The Hall–Kier alpha value is -1.48. The summed E-state index contributed by atoms with van der Waals surface area (Å²) in [5, 5.41) is 10.3. The molecule has 1 aromatic rings. The molecule has 1 aromatic carbocycles. The molecule has 0 aliphatic carbocycles. The highest BCUT2D eigenvalue weighted by atomic mass is 16.5. The van der Waals surface area contributed by atoms with Gasteiger partial charge in [-0.25, -0.2) is 0 Å². The number of rotatable bonds is 2. The maximum atomic E-state index is 10.3. The van der Waals surface area contributed by atoms with E-state index in [0.717, 1.165) is 11.3 Å². The Morgan fingerprint density at radius 2 is 2.40 bits per heavy atom. The van der Waals surface area contributed by atoms with E-state index in [1.807, 2.05) is 12.1 Å². The van der Waals surface area contributed by atoms with Crippen molar-refractivity contribution in [3.8, 4) is 11.5 Å². The van der Waals surface area contributed by atoms with Gasteiger partial charge in [0.1, 0.15) is 17.1 Å². The molecular formula is C12H14O3. The van der Waals surface area contributed by atoms with E-state index in [-0.39, 0.29) is 0 Å². The van der Waals surface area contributed by atoms with Gasteiger partial charge >= 0.3 is 0 Å². The van der Waals surface area contributed by atoms with Crippen LogP contribution in [-0.2, 0) is 5.60 Å². The molecule has 3 nitrogen and oxygen atoms in total. The fourth-order valence-electron chi connectivity index (χ4n) is 1.77. The lowest BCUT2D eigenvalue weighted by Gasteiger charge is -2.31. The van der Waals surface area contributed by atoms with Crippen LogP contribution in [0.1, 0.15) is 12.0 Å². The van der Waals surface area contributed by atoms with E-state index in [4.69, 9.17) is 9.47 Å². The van der Waals surface area contributed by atoms with Gasteiger partial charge in [-0.1, -0.05) is 12.7 Å². The zero-order valence-electron chi connectivity index (χ0n) is 8.69. The molecule has 0 aromatic heterocycles. The van der Waals surface area contributed by atoms with Crippen molar-refractivity contribution in [2.24, 2.45) is 0 Å². The van der Waals surface area contributed by atoms with E-state index in [2.05, 4.69) is 6.58 Å². The predicted molar refractivity (Wildman–Crippen MR) is 57.2 cm³/mol. The molecule has 0 bridgehead atoms. The monoisotopic (exact) mass is 206 g/mol. The van der Waals surface area contributed by atoms with Gasteiger partial charge in [-0.05, 0) is 12.1 Å². The van der Waals surface area contributed by atoms with Gasteiger partial charge in [0.25, 0.3) is 0 Å². The van der Waals surface area contributed by atoms with Crippen LogP contribution < -0.4 is 9.47 Å². The summed E-state index contributed by atoms with van der Waals surface area (Å²) in [5.74, 6) is 1.39. The first-order valence-corrected chi connectivity index (χ1v) is 4.87. The van der Waals surface area contributed by atoms with Crippen molar-refractivity contribution in [3.05, 3.63) is 36.4 Å². The molecule has 1 N–H and O–H groups in total. The first-order chi connectivity index (χ1) is 7.19. The number of methoxy groups -OCH3 is 1.